The molecule has 0 aliphatic carbocycles. The highest BCUT2D eigenvalue weighted by Gasteiger charge is 2.12. The van der Waals surface area contributed by atoms with E-state index in [0.717, 1.165) is 11.1 Å². The molecule has 0 saturated heterocycles. The predicted octanol–water partition coefficient (Wildman–Crippen LogP) is 3.48. The predicted molar refractivity (Wildman–Crippen MR) is 90.5 cm³/mol. The number of ether oxygens (including phenoxy) is 3. The summed E-state index contributed by atoms with van der Waals surface area (Å²) in [6.07, 6.45) is 0.760. The van der Waals surface area contributed by atoms with Gasteiger partial charge in [-0.15, -0.1) is 0 Å². The van der Waals surface area contributed by atoms with Crippen LogP contribution in [0.1, 0.15) is 18.1 Å². The molecule has 0 saturated carbocycles. The van der Waals surface area contributed by atoms with Crippen molar-refractivity contribution in [3.63, 3.8) is 0 Å². The van der Waals surface area contributed by atoms with Gasteiger partial charge in [-0.3, -0.25) is 4.79 Å². The highest BCUT2D eigenvalue weighted by atomic mass is 16.5. The monoisotopic (exact) mass is 330 g/mol. The first kappa shape index (κ1) is 17.8. The van der Waals surface area contributed by atoms with Crippen molar-refractivity contribution >= 4 is 5.97 Å². The number of aromatic hydroxyl groups is 1. The number of para-hydroxylation sites is 1. The first-order valence-electron chi connectivity index (χ1n) is 7.86. The molecule has 0 atom stereocenters. The van der Waals surface area contributed by atoms with Crippen LogP contribution in [-0.2, 0) is 27.1 Å². The summed E-state index contributed by atoms with van der Waals surface area (Å²) in [7, 11) is 1.36. The molecule has 0 heterocycles. The van der Waals surface area contributed by atoms with Gasteiger partial charge in [0.05, 0.1) is 20.1 Å². The normalized spacial score (nSPS) is 10.4. The van der Waals surface area contributed by atoms with Crippen molar-refractivity contribution in [2.24, 2.45) is 0 Å². The van der Waals surface area contributed by atoms with Gasteiger partial charge in [0, 0.05) is 17.7 Å². The molecule has 128 valence electrons. The number of carbonyl (C=O) groups is 1. The van der Waals surface area contributed by atoms with Crippen molar-refractivity contribution in [1.82, 2.24) is 0 Å². The average molecular weight is 330 g/mol. The van der Waals surface area contributed by atoms with E-state index in [1.807, 2.05) is 25.1 Å². The van der Waals surface area contributed by atoms with Crippen molar-refractivity contribution in [2.75, 3.05) is 20.3 Å². The Morgan fingerprint density at radius 2 is 1.83 bits per heavy atom. The minimum atomic E-state index is -0.326. The van der Waals surface area contributed by atoms with E-state index < -0.39 is 0 Å². The fourth-order valence-electron chi connectivity index (χ4n) is 2.28. The lowest BCUT2D eigenvalue weighted by Crippen LogP contribution is -2.06. The summed E-state index contributed by atoms with van der Waals surface area (Å²) in [6, 6.07) is 12.3. The lowest BCUT2D eigenvalue weighted by atomic mass is 10.1. The number of benzene rings is 2. The Labute approximate surface area is 141 Å². The third-order valence-corrected chi connectivity index (χ3v) is 3.52. The molecule has 1 N–H and O–H groups in total. The second-order valence-electron chi connectivity index (χ2n) is 5.20. The van der Waals surface area contributed by atoms with Crippen LogP contribution in [0.5, 0.6) is 17.2 Å². The Balaban J connectivity index is 2.23. The maximum atomic E-state index is 11.5. The van der Waals surface area contributed by atoms with Crippen LogP contribution in [0.4, 0.5) is 0 Å². The number of hydrogen-bond acceptors (Lipinski definition) is 5. The Hall–Kier alpha value is -2.53. The molecule has 0 aliphatic rings. The first-order chi connectivity index (χ1) is 11.6. The lowest BCUT2D eigenvalue weighted by Gasteiger charge is -2.14. The van der Waals surface area contributed by atoms with Crippen molar-refractivity contribution in [3.8, 4) is 17.2 Å². The number of carbonyl (C=O) groups excluding carboxylic acids is 1. The topological polar surface area (TPSA) is 65.0 Å². The van der Waals surface area contributed by atoms with E-state index in [0.29, 0.717) is 31.1 Å². The summed E-state index contributed by atoms with van der Waals surface area (Å²) in [5, 5.41) is 9.71. The maximum Gasteiger partial charge on any atom is 0.310 e. The van der Waals surface area contributed by atoms with Gasteiger partial charge in [0.25, 0.3) is 0 Å². The summed E-state index contributed by atoms with van der Waals surface area (Å²) in [5.74, 6) is 1.07. The second kappa shape index (κ2) is 8.93. The quantitative estimate of drug-likeness (QED) is 0.593. The van der Waals surface area contributed by atoms with Gasteiger partial charge < -0.3 is 19.3 Å². The van der Waals surface area contributed by atoms with Crippen LogP contribution in [-0.4, -0.2) is 31.4 Å². The zero-order valence-corrected chi connectivity index (χ0v) is 14.0. The summed E-state index contributed by atoms with van der Waals surface area (Å²) < 4.78 is 16.1. The van der Waals surface area contributed by atoms with Crippen molar-refractivity contribution < 1.29 is 24.1 Å². The standard InChI is InChI=1S/C19H22O5/c1-3-23-11-10-15-12-16(20)8-9-18(15)24-17-7-5-4-6-14(17)13-19(21)22-2/h4-9,12,20H,3,10-11,13H2,1-2H3. The molecule has 0 spiro atoms. The molecule has 0 bridgehead atoms. The van der Waals surface area contributed by atoms with Crippen LogP contribution < -0.4 is 4.74 Å². The van der Waals surface area contributed by atoms with E-state index in [9.17, 15) is 9.90 Å². The molecule has 0 aliphatic heterocycles. The molecule has 2 aromatic carbocycles. The van der Waals surface area contributed by atoms with Gasteiger partial charge >= 0.3 is 5.97 Å². The van der Waals surface area contributed by atoms with E-state index >= 15 is 0 Å². The summed E-state index contributed by atoms with van der Waals surface area (Å²) in [4.78, 5) is 11.5. The molecule has 2 aromatic rings. The number of methoxy groups -OCH3 is 1. The van der Waals surface area contributed by atoms with Crippen molar-refractivity contribution in [1.29, 1.82) is 0 Å². The van der Waals surface area contributed by atoms with E-state index in [1.54, 1.807) is 24.3 Å². The van der Waals surface area contributed by atoms with Gasteiger partial charge in [-0.2, -0.15) is 0 Å². The smallest absolute Gasteiger partial charge is 0.310 e. The zero-order valence-electron chi connectivity index (χ0n) is 14.0. The molecule has 24 heavy (non-hydrogen) atoms. The third-order valence-electron chi connectivity index (χ3n) is 3.52. The summed E-state index contributed by atoms with van der Waals surface area (Å²) in [6.45, 7) is 3.11. The minimum absolute atomic E-state index is 0.138. The fraction of sp³-hybridized carbons (Fsp3) is 0.316. The van der Waals surface area contributed by atoms with E-state index in [2.05, 4.69) is 0 Å². The van der Waals surface area contributed by atoms with Gasteiger partial charge in [0.2, 0.25) is 0 Å². The van der Waals surface area contributed by atoms with Crippen LogP contribution in [0.3, 0.4) is 0 Å². The number of phenols is 1. The van der Waals surface area contributed by atoms with E-state index in [4.69, 9.17) is 14.2 Å². The van der Waals surface area contributed by atoms with Gasteiger partial charge in [-0.25, -0.2) is 0 Å². The van der Waals surface area contributed by atoms with E-state index in [-0.39, 0.29) is 18.1 Å². The highest BCUT2D eigenvalue weighted by Crippen LogP contribution is 2.31. The van der Waals surface area contributed by atoms with Crippen LogP contribution in [0, 0.1) is 0 Å². The molecule has 0 fully saturated rings. The average Bonchev–Trinajstić information content (AvgIpc) is 2.59. The Bertz CT molecular complexity index is 681. The number of esters is 1. The number of phenolic OH excluding ortho intramolecular Hbond substituents is 1. The molecule has 0 radical (unpaired) electrons. The Morgan fingerprint density at radius 1 is 1.08 bits per heavy atom. The van der Waals surface area contributed by atoms with Gasteiger partial charge in [-0.1, -0.05) is 18.2 Å². The molecule has 5 heteroatoms. The molecule has 0 unspecified atom stereocenters. The van der Waals surface area contributed by atoms with Crippen LogP contribution in [0.25, 0.3) is 0 Å². The molecule has 5 nitrogen and oxygen atoms in total. The number of rotatable bonds is 8. The number of hydrogen-bond donors (Lipinski definition) is 1. The van der Waals surface area contributed by atoms with Crippen molar-refractivity contribution in [3.05, 3.63) is 53.6 Å². The van der Waals surface area contributed by atoms with Crippen LogP contribution >= 0.6 is 0 Å². The van der Waals surface area contributed by atoms with E-state index in [1.165, 1.54) is 7.11 Å². The fourth-order valence-corrected chi connectivity index (χ4v) is 2.28. The zero-order chi connectivity index (χ0) is 17.4. The highest BCUT2D eigenvalue weighted by molar-refractivity contribution is 5.73. The SMILES string of the molecule is CCOCCc1cc(O)ccc1Oc1ccccc1CC(=O)OC. The summed E-state index contributed by atoms with van der Waals surface area (Å²) in [5.41, 5.74) is 1.59. The molecule has 0 aromatic heterocycles. The van der Waals surface area contributed by atoms with Crippen LogP contribution in [0.15, 0.2) is 42.5 Å². The lowest BCUT2D eigenvalue weighted by molar-refractivity contribution is -0.139. The third kappa shape index (κ3) is 4.99. The van der Waals surface area contributed by atoms with Gasteiger partial charge in [-0.05, 0) is 37.6 Å². The Morgan fingerprint density at radius 3 is 2.58 bits per heavy atom. The van der Waals surface area contributed by atoms with Gasteiger partial charge in [0.1, 0.15) is 17.2 Å². The largest absolute Gasteiger partial charge is 0.508 e. The van der Waals surface area contributed by atoms with Crippen LogP contribution in [0.2, 0.25) is 0 Å². The van der Waals surface area contributed by atoms with Gasteiger partial charge in [0.15, 0.2) is 0 Å². The van der Waals surface area contributed by atoms with Crippen molar-refractivity contribution in [2.45, 2.75) is 19.8 Å². The molecule has 2 rings (SSSR count). The summed E-state index contributed by atoms with van der Waals surface area (Å²) >= 11 is 0. The first-order valence-corrected chi connectivity index (χ1v) is 7.86. The minimum Gasteiger partial charge on any atom is -0.508 e. The maximum absolute atomic E-state index is 11.5. The second-order valence-corrected chi connectivity index (χ2v) is 5.20. The molecular formula is C19H22O5. The molecular weight excluding hydrogens is 308 g/mol. The molecule has 0 amide bonds. The Kier molecular flexibility index (Phi) is 6.63.